The van der Waals surface area contributed by atoms with Crippen molar-refractivity contribution < 1.29 is 19.2 Å². The molecule has 1 aromatic rings. The number of ether oxygens (including phenoxy) is 1. The van der Waals surface area contributed by atoms with E-state index in [0.29, 0.717) is 13.0 Å². The second-order valence-electron chi connectivity index (χ2n) is 4.19. The zero-order valence-electron chi connectivity index (χ0n) is 11.4. The molecule has 0 aliphatic heterocycles. The second kappa shape index (κ2) is 7.22. The monoisotopic (exact) mass is 280 g/mol. The highest BCUT2D eigenvalue weighted by molar-refractivity contribution is 5.95. The SMILES string of the molecule is CCCOC(=O)CN(C)C(=O)c1ccc([N+](=O)[O-])cc1. The molecule has 0 fully saturated rings. The van der Waals surface area contributed by atoms with Gasteiger partial charge in [0.15, 0.2) is 0 Å². The standard InChI is InChI=1S/C13H16N2O5/c1-3-8-20-12(16)9-14(2)13(17)10-4-6-11(7-5-10)15(18)19/h4-7H,3,8-9H2,1-2H3. The molecule has 0 saturated heterocycles. The van der Waals surface area contributed by atoms with Crippen LogP contribution < -0.4 is 0 Å². The summed E-state index contributed by atoms with van der Waals surface area (Å²) in [4.78, 5) is 34.5. The van der Waals surface area contributed by atoms with Crippen molar-refractivity contribution in [3.05, 3.63) is 39.9 Å². The topological polar surface area (TPSA) is 89.8 Å². The van der Waals surface area contributed by atoms with Crippen molar-refractivity contribution in [1.82, 2.24) is 4.90 Å². The van der Waals surface area contributed by atoms with Crippen molar-refractivity contribution in [1.29, 1.82) is 0 Å². The number of carbonyl (C=O) groups is 2. The van der Waals surface area contributed by atoms with Gasteiger partial charge in [-0.1, -0.05) is 6.92 Å². The van der Waals surface area contributed by atoms with Crippen LogP contribution in [0.3, 0.4) is 0 Å². The largest absolute Gasteiger partial charge is 0.464 e. The summed E-state index contributed by atoms with van der Waals surface area (Å²) < 4.78 is 4.88. The Morgan fingerprint density at radius 2 is 1.90 bits per heavy atom. The minimum Gasteiger partial charge on any atom is -0.464 e. The molecule has 0 heterocycles. The fourth-order valence-electron chi connectivity index (χ4n) is 1.47. The van der Waals surface area contributed by atoms with Crippen LogP contribution in [-0.4, -0.2) is 41.9 Å². The van der Waals surface area contributed by atoms with Crippen molar-refractivity contribution >= 4 is 17.6 Å². The molecule has 1 rings (SSSR count). The lowest BCUT2D eigenvalue weighted by Crippen LogP contribution is -2.33. The molecule has 0 spiro atoms. The van der Waals surface area contributed by atoms with Crippen LogP contribution >= 0.6 is 0 Å². The number of nitro groups is 1. The van der Waals surface area contributed by atoms with Crippen LogP contribution in [-0.2, 0) is 9.53 Å². The molecule has 7 nitrogen and oxygen atoms in total. The number of non-ortho nitro benzene ring substituents is 1. The highest BCUT2D eigenvalue weighted by atomic mass is 16.6. The van der Waals surface area contributed by atoms with Gasteiger partial charge in [-0.3, -0.25) is 19.7 Å². The number of amides is 1. The Balaban J connectivity index is 2.64. The minimum absolute atomic E-state index is 0.0911. The Morgan fingerprint density at radius 1 is 1.30 bits per heavy atom. The molecule has 0 radical (unpaired) electrons. The van der Waals surface area contributed by atoms with Crippen LogP contribution in [0.5, 0.6) is 0 Å². The van der Waals surface area contributed by atoms with Gasteiger partial charge >= 0.3 is 5.97 Å². The van der Waals surface area contributed by atoms with Crippen LogP contribution in [0.15, 0.2) is 24.3 Å². The smallest absolute Gasteiger partial charge is 0.325 e. The van der Waals surface area contributed by atoms with Crippen LogP contribution in [0.25, 0.3) is 0 Å². The minimum atomic E-state index is -0.542. The molecule has 1 aromatic carbocycles. The molecule has 0 aliphatic carbocycles. The lowest BCUT2D eigenvalue weighted by molar-refractivity contribution is -0.384. The van der Waals surface area contributed by atoms with Crippen LogP contribution in [0.2, 0.25) is 0 Å². The van der Waals surface area contributed by atoms with Crippen molar-refractivity contribution in [2.24, 2.45) is 0 Å². The number of rotatable bonds is 6. The van der Waals surface area contributed by atoms with Gasteiger partial charge in [-0.2, -0.15) is 0 Å². The second-order valence-corrected chi connectivity index (χ2v) is 4.19. The third kappa shape index (κ3) is 4.34. The fourth-order valence-corrected chi connectivity index (χ4v) is 1.47. The Hall–Kier alpha value is -2.44. The summed E-state index contributed by atoms with van der Waals surface area (Å²) in [6, 6.07) is 5.20. The van der Waals surface area contributed by atoms with Crippen molar-refractivity contribution in [3.63, 3.8) is 0 Å². The molecule has 0 aromatic heterocycles. The highest BCUT2D eigenvalue weighted by Crippen LogP contribution is 2.13. The molecule has 108 valence electrons. The Kier molecular flexibility index (Phi) is 5.64. The van der Waals surface area contributed by atoms with E-state index in [1.54, 1.807) is 0 Å². The third-order valence-electron chi connectivity index (χ3n) is 2.51. The molecule has 0 unspecified atom stereocenters. The normalized spacial score (nSPS) is 9.90. The van der Waals surface area contributed by atoms with Gasteiger partial charge < -0.3 is 9.64 Å². The number of hydrogen-bond acceptors (Lipinski definition) is 5. The summed E-state index contributed by atoms with van der Waals surface area (Å²) in [5.74, 6) is -0.877. The van der Waals surface area contributed by atoms with Gasteiger partial charge in [0.05, 0.1) is 11.5 Å². The first-order valence-electron chi connectivity index (χ1n) is 6.11. The Labute approximate surface area is 116 Å². The first-order valence-corrected chi connectivity index (χ1v) is 6.11. The van der Waals surface area contributed by atoms with Gasteiger partial charge in [0.1, 0.15) is 6.54 Å². The first kappa shape index (κ1) is 15.6. The van der Waals surface area contributed by atoms with E-state index in [0.717, 1.165) is 0 Å². The highest BCUT2D eigenvalue weighted by Gasteiger charge is 2.16. The van der Waals surface area contributed by atoms with Crippen LogP contribution in [0.1, 0.15) is 23.7 Å². The predicted molar refractivity (Wildman–Crippen MR) is 71.3 cm³/mol. The maximum atomic E-state index is 12.0. The van der Waals surface area contributed by atoms with Crippen molar-refractivity contribution in [2.75, 3.05) is 20.2 Å². The van der Waals surface area contributed by atoms with Gasteiger partial charge in [0.2, 0.25) is 0 Å². The number of nitrogens with zero attached hydrogens (tertiary/aromatic N) is 2. The molecule has 20 heavy (non-hydrogen) atoms. The number of likely N-dealkylation sites (N-methyl/N-ethyl adjacent to an activating group) is 1. The molecule has 0 N–H and O–H groups in total. The zero-order chi connectivity index (χ0) is 15.1. The molecule has 0 aliphatic rings. The van der Waals surface area contributed by atoms with E-state index < -0.39 is 16.8 Å². The summed E-state index contributed by atoms with van der Waals surface area (Å²) in [5, 5.41) is 10.5. The molecule has 0 saturated carbocycles. The molecule has 1 amide bonds. The maximum absolute atomic E-state index is 12.0. The molecule has 7 heteroatoms. The molecule has 0 bridgehead atoms. The molecule has 0 atom stereocenters. The number of hydrogen-bond donors (Lipinski definition) is 0. The summed E-state index contributed by atoms with van der Waals surface area (Å²) in [6.45, 7) is 2.03. The summed E-state index contributed by atoms with van der Waals surface area (Å²) in [7, 11) is 1.47. The van der Waals surface area contributed by atoms with E-state index in [9.17, 15) is 19.7 Å². The van der Waals surface area contributed by atoms with Gasteiger partial charge in [-0.15, -0.1) is 0 Å². The van der Waals surface area contributed by atoms with Crippen LogP contribution in [0.4, 0.5) is 5.69 Å². The number of benzene rings is 1. The lowest BCUT2D eigenvalue weighted by Gasteiger charge is -2.16. The van der Waals surface area contributed by atoms with E-state index in [-0.39, 0.29) is 17.8 Å². The summed E-state index contributed by atoms with van der Waals surface area (Å²) in [6.07, 6.45) is 0.714. The summed E-state index contributed by atoms with van der Waals surface area (Å²) >= 11 is 0. The average Bonchev–Trinajstić information content (AvgIpc) is 2.44. The fraction of sp³-hybridized carbons (Fsp3) is 0.385. The Morgan fingerprint density at radius 3 is 2.40 bits per heavy atom. The quantitative estimate of drug-likeness (QED) is 0.448. The van der Waals surface area contributed by atoms with Crippen molar-refractivity contribution in [3.8, 4) is 0 Å². The third-order valence-corrected chi connectivity index (χ3v) is 2.51. The molecular weight excluding hydrogens is 264 g/mol. The van der Waals surface area contributed by atoms with Gasteiger partial charge in [0.25, 0.3) is 11.6 Å². The van der Waals surface area contributed by atoms with Crippen molar-refractivity contribution in [2.45, 2.75) is 13.3 Å². The van der Waals surface area contributed by atoms with E-state index >= 15 is 0 Å². The number of carbonyl (C=O) groups excluding carboxylic acids is 2. The maximum Gasteiger partial charge on any atom is 0.325 e. The number of nitro benzene ring substituents is 1. The first-order chi connectivity index (χ1) is 9.45. The van der Waals surface area contributed by atoms with Gasteiger partial charge in [-0.05, 0) is 18.6 Å². The lowest BCUT2D eigenvalue weighted by atomic mass is 10.2. The zero-order valence-corrected chi connectivity index (χ0v) is 11.4. The Bertz CT molecular complexity index is 498. The molecular formula is C13H16N2O5. The van der Waals surface area contributed by atoms with E-state index in [2.05, 4.69) is 0 Å². The summed E-state index contributed by atoms with van der Waals surface area (Å²) in [5.41, 5.74) is 0.188. The van der Waals surface area contributed by atoms with Gasteiger partial charge in [-0.25, -0.2) is 0 Å². The number of esters is 1. The van der Waals surface area contributed by atoms with Crippen LogP contribution in [0, 0.1) is 10.1 Å². The van der Waals surface area contributed by atoms with E-state index in [1.807, 2.05) is 6.92 Å². The van der Waals surface area contributed by atoms with Gasteiger partial charge in [0, 0.05) is 24.7 Å². The predicted octanol–water partition coefficient (Wildman–Crippen LogP) is 1.62. The van der Waals surface area contributed by atoms with E-state index in [4.69, 9.17) is 4.74 Å². The average molecular weight is 280 g/mol. The van der Waals surface area contributed by atoms with E-state index in [1.165, 1.54) is 36.2 Å².